The number of carbonyl (C=O) groups is 3. The summed E-state index contributed by atoms with van der Waals surface area (Å²) < 4.78 is 17.0. The SMILES string of the molecule is CC/C=C\C/C=C\C/C=C\C/C=C\CCCCCCC(=O)OCC(COC(=O)CCCCCCCCCCCC/C=C\C/C=C\C/C=C\CCCCCCC)OC(=O)CCCCCCCCCCC/C=C\C/C=C\CCCCCCC. The molecule has 0 aliphatic carbocycles. The molecule has 464 valence electrons. The van der Waals surface area contributed by atoms with Crippen LogP contribution < -0.4 is 0 Å². The highest BCUT2D eigenvalue weighted by atomic mass is 16.6. The first-order valence-corrected chi connectivity index (χ1v) is 34.4. The molecule has 0 rings (SSSR count). The zero-order valence-corrected chi connectivity index (χ0v) is 53.3. The lowest BCUT2D eigenvalue weighted by Crippen LogP contribution is -2.30. The van der Waals surface area contributed by atoms with Crippen LogP contribution in [-0.2, 0) is 28.6 Å². The van der Waals surface area contributed by atoms with Gasteiger partial charge < -0.3 is 14.2 Å². The minimum Gasteiger partial charge on any atom is -0.462 e. The van der Waals surface area contributed by atoms with Crippen molar-refractivity contribution in [1.82, 2.24) is 0 Å². The molecule has 81 heavy (non-hydrogen) atoms. The van der Waals surface area contributed by atoms with Crippen molar-refractivity contribution in [3.8, 4) is 0 Å². The molecule has 0 saturated heterocycles. The topological polar surface area (TPSA) is 78.9 Å². The summed E-state index contributed by atoms with van der Waals surface area (Å²) in [6, 6.07) is 0. The number of carbonyl (C=O) groups excluding carboxylic acids is 3. The van der Waals surface area contributed by atoms with Crippen molar-refractivity contribution in [2.45, 2.75) is 335 Å². The van der Waals surface area contributed by atoms with Crippen molar-refractivity contribution in [2.75, 3.05) is 13.2 Å². The fourth-order valence-electron chi connectivity index (χ4n) is 9.59. The smallest absolute Gasteiger partial charge is 0.306 e. The lowest BCUT2D eigenvalue weighted by atomic mass is 10.0. The molecule has 0 N–H and O–H groups in total. The van der Waals surface area contributed by atoms with E-state index in [1.54, 1.807) is 0 Å². The Labute approximate surface area is 501 Å². The van der Waals surface area contributed by atoms with E-state index < -0.39 is 6.10 Å². The number of allylic oxidation sites excluding steroid dienone is 18. The molecule has 1 atom stereocenters. The number of esters is 3. The van der Waals surface area contributed by atoms with E-state index in [4.69, 9.17) is 14.2 Å². The second-order valence-corrected chi connectivity index (χ2v) is 22.7. The van der Waals surface area contributed by atoms with Crippen LogP contribution in [0.15, 0.2) is 109 Å². The molecule has 0 amide bonds. The molecule has 0 saturated carbocycles. The third-order valence-electron chi connectivity index (χ3n) is 14.7. The maximum absolute atomic E-state index is 13.0. The molecule has 6 nitrogen and oxygen atoms in total. The van der Waals surface area contributed by atoms with Crippen LogP contribution >= 0.6 is 0 Å². The van der Waals surface area contributed by atoms with Crippen molar-refractivity contribution in [3.63, 3.8) is 0 Å². The van der Waals surface area contributed by atoms with E-state index in [0.717, 1.165) is 116 Å². The molecule has 0 aliphatic rings. The van der Waals surface area contributed by atoms with Gasteiger partial charge in [-0.05, 0) is 128 Å². The van der Waals surface area contributed by atoms with Crippen LogP contribution in [-0.4, -0.2) is 37.2 Å². The molecule has 1 unspecified atom stereocenters. The molecular formula is C75H128O6. The van der Waals surface area contributed by atoms with Gasteiger partial charge >= 0.3 is 17.9 Å². The van der Waals surface area contributed by atoms with Crippen LogP contribution in [0.25, 0.3) is 0 Å². The van der Waals surface area contributed by atoms with Gasteiger partial charge in [-0.1, -0.05) is 291 Å². The largest absolute Gasteiger partial charge is 0.462 e. The van der Waals surface area contributed by atoms with E-state index in [-0.39, 0.29) is 31.1 Å². The van der Waals surface area contributed by atoms with Crippen LogP contribution in [0.3, 0.4) is 0 Å². The number of hydrogen-bond acceptors (Lipinski definition) is 6. The predicted molar refractivity (Wildman–Crippen MR) is 353 cm³/mol. The highest BCUT2D eigenvalue weighted by Gasteiger charge is 2.19. The van der Waals surface area contributed by atoms with Gasteiger partial charge in [-0.15, -0.1) is 0 Å². The van der Waals surface area contributed by atoms with E-state index in [1.807, 2.05) is 0 Å². The predicted octanol–water partition coefficient (Wildman–Crippen LogP) is 23.8. The minimum absolute atomic E-state index is 0.0901. The molecule has 0 aromatic carbocycles. The monoisotopic (exact) mass is 1120 g/mol. The van der Waals surface area contributed by atoms with Crippen LogP contribution in [0.4, 0.5) is 0 Å². The summed E-state index contributed by atoms with van der Waals surface area (Å²) in [4.78, 5) is 38.4. The zero-order valence-electron chi connectivity index (χ0n) is 53.3. The lowest BCUT2D eigenvalue weighted by molar-refractivity contribution is -0.167. The van der Waals surface area contributed by atoms with Gasteiger partial charge in [0, 0.05) is 19.3 Å². The Bertz CT molecular complexity index is 1620. The van der Waals surface area contributed by atoms with Crippen molar-refractivity contribution < 1.29 is 28.6 Å². The van der Waals surface area contributed by atoms with Gasteiger partial charge in [-0.2, -0.15) is 0 Å². The second-order valence-electron chi connectivity index (χ2n) is 22.7. The molecule has 0 spiro atoms. The van der Waals surface area contributed by atoms with E-state index in [0.29, 0.717) is 19.3 Å². The number of unbranched alkanes of at least 4 members (excludes halogenated alkanes) is 33. The van der Waals surface area contributed by atoms with Gasteiger partial charge in [0.25, 0.3) is 0 Å². The quantitative estimate of drug-likeness (QED) is 0.0261. The van der Waals surface area contributed by atoms with Crippen LogP contribution in [0.1, 0.15) is 329 Å². The zero-order chi connectivity index (χ0) is 58.5. The molecule has 0 heterocycles. The summed E-state index contributed by atoms with van der Waals surface area (Å²) in [7, 11) is 0. The molecule has 0 aromatic rings. The maximum Gasteiger partial charge on any atom is 0.306 e. The van der Waals surface area contributed by atoms with E-state index in [2.05, 4.69) is 130 Å². The average Bonchev–Trinajstić information content (AvgIpc) is 3.47. The number of ether oxygens (including phenoxy) is 3. The van der Waals surface area contributed by atoms with Gasteiger partial charge in [0.2, 0.25) is 0 Å². The molecule has 0 aliphatic heterocycles. The minimum atomic E-state index is -0.797. The maximum atomic E-state index is 13.0. The van der Waals surface area contributed by atoms with Crippen molar-refractivity contribution >= 4 is 17.9 Å². The Kier molecular flexibility index (Phi) is 65.2. The first-order valence-electron chi connectivity index (χ1n) is 34.4. The van der Waals surface area contributed by atoms with Gasteiger partial charge in [-0.3, -0.25) is 14.4 Å². The van der Waals surface area contributed by atoms with Crippen LogP contribution in [0.5, 0.6) is 0 Å². The summed E-state index contributed by atoms with van der Waals surface area (Å²) in [5.41, 5.74) is 0. The Hall–Kier alpha value is -3.93. The third-order valence-corrected chi connectivity index (χ3v) is 14.7. The Morgan fingerprint density at radius 3 is 0.753 bits per heavy atom. The number of hydrogen-bond donors (Lipinski definition) is 0. The first-order chi connectivity index (χ1) is 40.0. The molecule has 6 heteroatoms. The Balaban J connectivity index is 4.40. The molecule has 0 radical (unpaired) electrons. The summed E-state index contributed by atoms with van der Waals surface area (Å²) >= 11 is 0. The standard InChI is InChI=1S/C75H128O6/c1-4-7-10-13-16-19-22-25-28-31-33-35-36-37-38-40-41-44-47-50-53-56-59-62-65-68-74(77)80-71-72(70-79-73(76)67-64-61-58-55-52-49-46-43-30-27-24-21-18-15-12-9-6-3)81-75(78)69-66-63-60-57-54-51-48-45-42-39-34-32-29-26-23-20-17-14-11-8-5-2/h9,12,18,21-23,25-27,30-34,36-37,46,49,72H,4-8,10-11,13-17,19-20,24,28-29,35,38-45,47-48,50-71H2,1-3H3/b12-9-,21-18-,25-22-,26-23-,30-27-,33-31-,34-32-,37-36-,49-46-. The summed E-state index contributed by atoms with van der Waals surface area (Å²) in [5, 5.41) is 0. The van der Waals surface area contributed by atoms with Crippen LogP contribution in [0, 0.1) is 0 Å². The molecule has 0 fully saturated rings. The summed E-state index contributed by atoms with van der Waals surface area (Å²) in [5.74, 6) is -0.911. The van der Waals surface area contributed by atoms with E-state index >= 15 is 0 Å². The van der Waals surface area contributed by atoms with Crippen molar-refractivity contribution in [1.29, 1.82) is 0 Å². The van der Waals surface area contributed by atoms with Gasteiger partial charge in [-0.25, -0.2) is 0 Å². The van der Waals surface area contributed by atoms with Crippen LogP contribution in [0.2, 0.25) is 0 Å². The molecular weight excluding hydrogens is 997 g/mol. The summed E-state index contributed by atoms with van der Waals surface area (Å²) in [6.45, 7) is 6.51. The van der Waals surface area contributed by atoms with E-state index in [1.165, 1.54) is 173 Å². The fourth-order valence-corrected chi connectivity index (χ4v) is 9.59. The third kappa shape index (κ3) is 66.8. The Morgan fingerprint density at radius 1 is 0.259 bits per heavy atom. The van der Waals surface area contributed by atoms with Crippen molar-refractivity contribution in [2.24, 2.45) is 0 Å². The second kappa shape index (κ2) is 68.6. The van der Waals surface area contributed by atoms with E-state index in [9.17, 15) is 14.4 Å². The first kappa shape index (κ1) is 77.1. The normalized spacial score (nSPS) is 12.8. The molecule has 0 aromatic heterocycles. The van der Waals surface area contributed by atoms with Crippen molar-refractivity contribution in [3.05, 3.63) is 109 Å². The number of rotatable bonds is 62. The lowest BCUT2D eigenvalue weighted by Gasteiger charge is -2.18. The average molecular weight is 1130 g/mol. The fraction of sp³-hybridized carbons (Fsp3) is 0.720. The highest BCUT2D eigenvalue weighted by Crippen LogP contribution is 2.16. The van der Waals surface area contributed by atoms with Gasteiger partial charge in [0.05, 0.1) is 0 Å². The van der Waals surface area contributed by atoms with Gasteiger partial charge in [0.15, 0.2) is 6.10 Å². The van der Waals surface area contributed by atoms with Gasteiger partial charge in [0.1, 0.15) is 13.2 Å². The summed E-state index contributed by atoms with van der Waals surface area (Å²) in [6.07, 6.45) is 93.8. The molecule has 0 bridgehead atoms. The highest BCUT2D eigenvalue weighted by molar-refractivity contribution is 5.71. The Morgan fingerprint density at radius 2 is 0.481 bits per heavy atom.